The predicted molar refractivity (Wildman–Crippen MR) is 127 cm³/mol. The molecule has 3 rings (SSSR count). The first-order valence-electron chi connectivity index (χ1n) is 11.2. The van der Waals surface area contributed by atoms with E-state index in [1.165, 1.54) is 12.1 Å². The number of hydrogen-bond donors (Lipinski definition) is 0. The molecule has 0 aliphatic rings. The van der Waals surface area contributed by atoms with Crippen LogP contribution in [0.15, 0.2) is 66.7 Å². The van der Waals surface area contributed by atoms with Crippen molar-refractivity contribution in [2.24, 2.45) is 0 Å². The smallest absolute Gasteiger partial charge is 0.222 e. The maximum atomic E-state index is 14.2. The number of ether oxygens (including phenoxy) is 2. The van der Waals surface area contributed by atoms with Crippen LogP contribution in [0.5, 0.6) is 17.4 Å². The Morgan fingerprint density at radius 3 is 2.38 bits per heavy atom. The van der Waals surface area contributed by atoms with Gasteiger partial charge < -0.3 is 9.47 Å². The van der Waals surface area contributed by atoms with Crippen LogP contribution in [0.2, 0.25) is 0 Å². The summed E-state index contributed by atoms with van der Waals surface area (Å²) in [6.07, 6.45) is 10.1. The second-order valence-electron chi connectivity index (χ2n) is 7.82. The van der Waals surface area contributed by atoms with Gasteiger partial charge in [0.15, 0.2) is 0 Å². The van der Waals surface area contributed by atoms with E-state index >= 15 is 0 Å². The lowest BCUT2D eigenvalue weighted by Gasteiger charge is -2.29. The molecule has 1 aromatic heterocycles. The molecule has 0 aliphatic heterocycles. The number of para-hydroxylation sites is 1. The molecule has 1 unspecified atom stereocenters. The minimum absolute atomic E-state index is 0.259. The Bertz CT molecular complexity index is 1030. The molecule has 1 heterocycles. The first-order chi connectivity index (χ1) is 15.6. The largest absolute Gasteiger partial charge is 0.494 e. The number of pyridine rings is 1. The van der Waals surface area contributed by atoms with Gasteiger partial charge in [-0.15, -0.1) is 6.42 Å². The van der Waals surface area contributed by atoms with E-state index in [4.69, 9.17) is 15.9 Å². The van der Waals surface area contributed by atoms with Crippen molar-refractivity contribution in [3.63, 3.8) is 0 Å². The molecule has 4 heteroatoms. The van der Waals surface area contributed by atoms with Crippen LogP contribution >= 0.6 is 0 Å². The third-order valence-electron chi connectivity index (χ3n) is 5.49. The van der Waals surface area contributed by atoms with E-state index in [2.05, 4.69) is 30.0 Å². The Morgan fingerprint density at radius 2 is 1.72 bits per heavy atom. The maximum Gasteiger partial charge on any atom is 0.222 e. The Kier molecular flexibility index (Phi) is 8.27. The summed E-state index contributed by atoms with van der Waals surface area (Å²) in [4.78, 5) is 4.49. The van der Waals surface area contributed by atoms with Gasteiger partial charge in [0.25, 0.3) is 0 Å². The fourth-order valence-electron chi connectivity index (χ4n) is 3.99. The number of benzene rings is 2. The van der Waals surface area contributed by atoms with E-state index < -0.39 is 0 Å². The highest BCUT2D eigenvalue weighted by molar-refractivity contribution is 5.38. The van der Waals surface area contributed by atoms with Crippen molar-refractivity contribution in [3.8, 4) is 29.7 Å². The number of terminal acetylenes is 1. The molecule has 0 amide bonds. The van der Waals surface area contributed by atoms with Crippen LogP contribution < -0.4 is 9.47 Å². The first kappa shape index (κ1) is 23.3. The molecule has 0 bridgehead atoms. The summed E-state index contributed by atoms with van der Waals surface area (Å²) in [6.45, 7) is 4.74. The van der Waals surface area contributed by atoms with E-state index in [9.17, 15) is 4.39 Å². The first-order valence-corrected chi connectivity index (χ1v) is 11.2. The van der Waals surface area contributed by atoms with Gasteiger partial charge in [0.2, 0.25) is 5.88 Å². The molecular weight excluding hydrogens is 401 g/mol. The van der Waals surface area contributed by atoms with Crippen LogP contribution in [0, 0.1) is 18.2 Å². The fraction of sp³-hybridized carbons (Fsp3) is 0.321. The van der Waals surface area contributed by atoms with E-state index in [1.807, 2.05) is 49.4 Å². The van der Waals surface area contributed by atoms with Crippen molar-refractivity contribution in [3.05, 3.63) is 83.8 Å². The molecule has 32 heavy (non-hydrogen) atoms. The van der Waals surface area contributed by atoms with Crippen LogP contribution in [-0.2, 0) is 11.8 Å². The van der Waals surface area contributed by atoms with Crippen molar-refractivity contribution in [2.45, 2.75) is 51.4 Å². The van der Waals surface area contributed by atoms with Gasteiger partial charge in [-0.2, -0.15) is 0 Å². The average Bonchev–Trinajstić information content (AvgIpc) is 2.79. The van der Waals surface area contributed by atoms with Gasteiger partial charge in [-0.05, 0) is 68.5 Å². The lowest BCUT2D eigenvalue weighted by atomic mass is 9.73. The van der Waals surface area contributed by atoms with Gasteiger partial charge in [0.1, 0.15) is 17.3 Å². The SMILES string of the molecule is C#CC(CCC)(CCCc1cc(F)cc(Oc2ccccc2)n1)c1ccc(OCC)cc1. The van der Waals surface area contributed by atoms with Crippen LogP contribution in [-0.4, -0.2) is 11.6 Å². The fourth-order valence-corrected chi connectivity index (χ4v) is 3.99. The number of aryl methyl sites for hydroxylation is 1. The molecule has 0 aliphatic carbocycles. The molecule has 0 N–H and O–H groups in total. The van der Waals surface area contributed by atoms with E-state index in [0.29, 0.717) is 24.5 Å². The van der Waals surface area contributed by atoms with E-state index in [1.54, 1.807) is 0 Å². The zero-order valence-electron chi connectivity index (χ0n) is 18.8. The van der Waals surface area contributed by atoms with Crippen LogP contribution in [0.1, 0.15) is 50.8 Å². The lowest BCUT2D eigenvalue weighted by molar-refractivity contribution is 0.339. The summed E-state index contributed by atoms with van der Waals surface area (Å²) < 4.78 is 25.5. The summed E-state index contributed by atoms with van der Waals surface area (Å²) >= 11 is 0. The summed E-state index contributed by atoms with van der Waals surface area (Å²) in [5.41, 5.74) is 1.41. The molecule has 1 atom stereocenters. The van der Waals surface area contributed by atoms with Crippen molar-refractivity contribution in [2.75, 3.05) is 6.61 Å². The zero-order chi connectivity index (χ0) is 22.8. The van der Waals surface area contributed by atoms with Gasteiger partial charge >= 0.3 is 0 Å². The molecule has 0 saturated heterocycles. The number of rotatable bonds is 11. The highest BCUT2D eigenvalue weighted by Gasteiger charge is 2.28. The molecular formula is C28H30FNO2. The topological polar surface area (TPSA) is 31.4 Å². The molecule has 166 valence electrons. The minimum Gasteiger partial charge on any atom is -0.494 e. The molecule has 0 saturated carbocycles. The second kappa shape index (κ2) is 11.3. The van der Waals surface area contributed by atoms with Gasteiger partial charge in [-0.25, -0.2) is 9.37 Å². The van der Waals surface area contributed by atoms with Gasteiger partial charge in [-0.1, -0.05) is 49.6 Å². The molecule has 3 nitrogen and oxygen atoms in total. The molecule has 0 radical (unpaired) electrons. The number of aromatic nitrogens is 1. The average molecular weight is 432 g/mol. The van der Waals surface area contributed by atoms with Gasteiger partial charge in [-0.3, -0.25) is 0 Å². The minimum atomic E-state index is -0.365. The Balaban J connectivity index is 1.71. The summed E-state index contributed by atoms with van der Waals surface area (Å²) in [7, 11) is 0. The number of nitrogens with zero attached hydrogens (tertiary/aromatic N) is 1. The molecule has 3 aromatic rings. The second-order valence-corrected chi connectivity index (χ2v) is 7.82. The lowest BCUT2D eigenvalue weighted by Crippen LogP contribution is -2.24. The molecule has 0 fully saturated rings. The zero-order valence-corrected chi connectivity index (χ0v) is 18.8. The quantitative estimate of drug-likeness (QED) is 0.303. The van der Waals surface area contributed by atoms with Crippen molar-refractivity contribution < 1.29 is 13.9 Å². The normalized spacial score (nSPS) is 12.6. The Morgan fingerprint density at radius 1 is 0.969 bits per heavy atom. The van der Waals surface area contributed by atoms with Crippen LogP contribution in [0.4, 0.5) is 4.39 Å². The maximum absolute atomic E-state index is 14.2. The third-order valence-corrected chi connectivity index (χ3v) is 5.49. The number of halogens is 1. The van der Waals surface area contributed by atoms with E-state index in [0.717, 1.165) is 37.0 Å². The number of hydrogen-bond acceptors (Lipinski definition) is 3. The highest BCUT2D eigenvalue weighted by atomic mass is 19.1. The molecule has 0 spiro atoms. The standard InChI is InChI=1S/C28H30FNO2/c1-4-18-28(5-2,22-14-16-25(17-15-22)31-6-3)19-10-11-24-20-23(29)21-27(30-24)32-26-12-8-7-9-13-26/h2,7-9,12-17,20-21H,4,6,10-11,18-19H2,1,3H3. The van der Waals surface area contributed by atoms with E-state index in [-0.39, 0.29) is 17.1 Å². The Hall–Kier alpha value is -3.32. The van der Waals surface area contributed by atoms with Crippen LogP contribution in [0.3, 0.4) is 0 Å². The third kappa shape index (κ3) is 6.11. The van der Waals surface area contributed by atoms with Gasteiger partial charge in [0.05, 0.1) is 12.0 Å². The Labute approximate surface area is 190 Å². The van der Waals surface area contributed by atoms with Crippen molar-refractivity contribution in [1.29, 1.82) is 0 Å². The summed E-state index contributed by atoms with van der Waals surface area (Å²) in [6, 6.07) is 20.1. The van der Waals surface area contributed by atoms with Crippen molar-refractivity contribution in [1.82, 2.24) is 4.98 Å². The monoisotopic (exact) mass is 431 g/mol. The predicted octanol–water partition coefficient (Wildman–Crippen LogP) is 7.11. The highest BCUT2D eigenvalue weighted by Crippen LogP contribution is 2.35. The molecule has 2 aromatic carbocycles. The van der Waals surface area contributed by atoms with Crippen LogP contribution in [0.25, 0.3) is 0 Å². The van der Waals surface area contributed by atoms with Gasteiger partial charge in [0, 0.05) is 11.8 Å². The van der Waals surface area contributed by atoms with Crippen molar-refractivity contribution >= 4 is 0 Å². The summed E-state index contributed by atoms with van der Waals surface area (Å²) in [5, 5.41) is 0. The summed E-state index contributed by atoms with van der Waals surface area (Å²) in [5.74, 6) is 4.44.